The predicted molar refractivity (Wildman–Crippen MR) is 58.2 cm³/mol. The van der Waals surface area contributed by atoms with Crippen LogP contribution in [-0.4, -0.2) is 49.8 Å². The van der Waals surface area contributed by atoms with Crippen molar-refractivity contribution in [2.75, 3.05) is 24.6 Å². The van der Waals surface area contributed by atoms with E-state index in [0.29, 0.717) is 12.2 Å². The first-order valence-corrected chi connectivity index (χ1v) is 5.24. The van der Waals surface area contributed by atoms with E-state index in [-0.39, 0.29) is 6.61 Å². The molecule has 0 aliphatic heterocycles. The minimum absolute atomic E-state index is 0.0957. The van der Waals surface area contributed by atoms with Gasteiger partial charge in [-0.3, -0.25) is 4.98 Å². The Balaban J connectivity index is 2.38. The first-order chi connectivity index (χ1) is 7.86. The Hall–Kier alpha value is -1.76. The molecule has 0 saturated heterocycles. The van der Waals surface area contributed by atoms with Crippen molar-refractivity contribution in [1.82, 2.24) is 25.0 Å². The van der Waals surface area contributed by atoms with Gasteiger partial charge in [-0.05, 0) is 16.8 Å². The molecule has 0 saturated carbocycles. The van der Waals surface area contributed by atoms with Crippen molar-refractivity contribution in [3.63, 3.8) is 0 Å². The number of aromatic nitrogens is 5. The molecule has 0 unspecified atom stereocenters. The molecule has 0 atom stereocenters. The summed E-state index contributed by atoms with van der Waals surface area (Å²) >= 11 is 0. The number of tetrazole rings is 1. The number of hydrogen-bond donors (Lipinski definition) is 1. The van der Waals surface area contributed by atoms with Crippen molar-refractivity contribution in [2.45, 2.75) is 13.3 Å². The Morgan fingerprint density at radius 1 is 1.38 bits per heavy atom. The van der Waals surface area contributed by atoms with Crippen molar-refractivity contribution in [1.29, 1.82) is 0 Å². The lowest BCUT2D eigenvalue weighted by atomic mass is 10.4. The fourth-order valence-electron chi connectivity index (χ4n) is 1.61. The van der Waals surface area contributed by atoms with Crippen molar-refractivity contribution in [3.8, 4) is 0 Å². The number of nitrogens with zero attached hydrogens (tertiary/aromatic N) is 6. The van der Waals surface area contributed by atoms with Crippen molar-refractivity contribution >= 4 is 11.5 Å². The summed E-state index contributed by atoms with van der Waals surface area (Å²) in [6.07, 6.45) is 4.29. The molecule has 0 amide bonds. The van der Waals surface area contributed by atoms with Crippen molar-refractivity contribution in [2.24, 2.45) is 0 Å². The highest BCUT2D eigenvalue weighted by atomic mass is 16.3. The smallest absolute Gasteiger partial charge is 0.199 e. The number of aliphatic hydroxyl groups is 1. The maximum absolute atomic E-state index is 9.02. The molecule has 0 aliphatic rings. The van der Waals surface area contributed by atoms with Gasteiger partial charge in [-0.2, -0.15) is 4.52 Å². The maximum Gasteiger partial charge on any atom is 0.199 e. The van der Waals surface area contributed by atoms with Gasteiger partial charge < -0.3 is 10.0 Å². The minimum Gasteiger partial charge on any atom is -0.395 e. The Morgan fingerprint density at radius 3 is 3.00 bits per heavy atom. The van der Waals surface area contributed by atoms with E-state index in [4.69, 9.17) is 5.11 Å². The molecule has 2 heterocycles. The van der Waals surface area contributed by atoms with Crippen LogP contribution >= 0.6 is 0 Å². The Labute approximate surface area is 92.7 Å². The highest BCUT2D eigenvalue weighted by Crippen LogP contribution is 2.12. The topological polar surface area (TPSA) is 79.4 Å². The third-order valence-electron chi connectivity index (χ3n) is 2.28. The second-order valence-electron chi connectivity index (χ2n) is 3.43. The molecule has 0 aliphatic carbocycles. The van der Waals surface area contributed by atoms with Crippen LogP contribution in [0.2, 0.25) is 0 Å². The van der Waals surface area contributed by atoms with Crippen LogP contribution in [0.4, 0.5) is 5.82 Å². The molecule has 7 heteroatoms. The summed E-state index contributed by atoms with van der Waals surface area (Å²) in [5, 5.41) is 20.4. The van der Waals surface area contributed by atoms with E-state index in [1.165, 1.54) is 0 Å². The van der Waals surface area contributed by atoms with Crippen molar-refractivity contribution < 1.29 is 5.11 Å². The average Bonchev–Trinajstić information content (AvgIpc) is 2.76. The maximum atomic E-state index is 9.02. The quantitative estimate of drug-likeness (QED) is 0.750. The minimum atomic E-state index is 0.0957. The molecule has 2 aromatic heterocycles. The average molecular weight is 222 g/mol. The van der Waals surface area contributed by atoms with E-state index >= 15 is 0 Å². The number of rotatable bonds is 5. The summed E-state index contributed by atoms with van der Waals surface area (Å²) in [7, 11) is 0. The van der Waals surface area contributed by atoms with Crippen LogP contribution < -0.4 is 4.90 Å². The molecule has 0 bridgehead atoms. The van der Waals surface area contributed by atoms with Gasteiger partial charge in [0.25, 0.3) is 0 Å². The summed E-state index contributed by atoms with van der Waals surface area (Å²) < 4.78 is 1.62. The summed E-state index contributed by atoms with van der Waals surface area (Å²) in [5.74, 6) is 0.804. The molecule has 0 aromatic carbocycles. The van der Waals surface area contributed by atoms with E-state index in [1.54, 1.807) is 16.9 Å². The highest BCUT2D eigenvalue weighted by Gasteiger charge is 2.11. The first kappa shape index (κ1) is 10.7. The molecule has 7 nitrogen and oxygen atoms in total. The van der Waals surface area contributed by atoms with Gasteiger partial charge in [0.15, 0.2) is 11.5 Å². The standard InChI is InChI=1S/C9H14N6O/c1-2-3-14(4-5-16)9-7-10-6-8-11-12-13-15(8)9/h6-7,16H,2-5H2,1H3. The molecule has 0 radical (unpaired) electrons. The fraction of sp³-hybridized carbons (Fsp3) is 0.556. The van der Waals surface area contributed by atoms with Crippen LogP contribution in [0.15, 0.2) is 12.4 Å². The summed E-state index contributed by atoms with van der Waals surface area (Å²) in [6.45, 7) is 3.56. The van der Waals surface area contributed by atoms with Gasteiger partial charge in [0, 0.05) is 13.1 Å². The van der Waals surface area contributed by atoms with E-state index in [0.717, 1.165) is 18.8 Å². The summed E-state index contributed by atoms with van der Waals surface area (Å²) in [5.41, 5.74) is 0.608. The van der Waals surface area contributed by atoms with Gasteiger partial charge in [0.05, 0.1) is 19.0 Å². The fourth-order valence-corrected chi connectivity index (χ4v) is 1.61. The van der Waals surface area contributed by atoms with Crippen LogP contribution in [0, 0.1) is 0 Å². The molecule has 0 spiro atoms. The molecule has 0 fully saturated rings. The Morgan fingerprint density at radius 2 is 2.25 bits per heavy atom. The number of fused-ring (bicyclic) bond motifs is 1. The number of anilines is 1. The molecule has 2 aromatic rings. The SMILES string of the molecule is CCCN(CCO)c1cncc2nnnn12. The summed E-state index contributed by atoms with van der Waals surface area (Å²) in [6, 6.07) is 0. The zero-order valence-electron chi connectivity index (χ0n) is 9.11. The first-order valence-electron chi connectivity index (χ1n) is 5.24. The summed E-state index contributed by atoms with van der Waals surface area (Å²) in [4.78, 5) is 6.09. The van der Waals surface area contributed by atoms with E-state index < -0.39 is 0 Å². The molecule has 2 rings (SSSR count). The zero-order valence-corrected chi connectivity index (χ0v) is 9.11. The van der Waals surface area contributed by atoms with Gasteiger partial charge in [-0.25, -0.2) is 0 Å². The lowest BCUT2D eigenvalue weighted by molar-refractivity contribution is 0.301. The van der Waals surface area contributed by atoms with E-state index in [2.05, 4.69) is 27.4 Å². The van der Waals surface area contributed by atoms with Gasteiger partial charge in [0.2, 0.25) is 0 Å². The Kier molecular flexibility index (Phi) is 3.25. The van der Waals surface area contributed by atoms with Crippen LogP contribution in [0.1, 0.15) is 13.3 Å². The monoisotopic (exact) mass is 222 g/mol. The van der Waals surface area contributed by atoms with Gasteiger partial charge in [-0.15, -0.1) is 5.10 Å². The van der Waals surface area contributed by atoms with E-state index in [1.807, 2.05) is 4.90 Å². The highest BCUT2D eigenvalue weighted by molar-refractivity contribution is 5.45. The molecule has 1 N–H and O–H groups in total. The second-order valence-corrected chi connectivity index (χ2v) is 3.43. The number of hydrogen-bond acceptors (Lipinski definition) is 6. The molecular formula is C9H14N6O. The van der Waals surface area contributed by atoms with Gasteiger partial charge in [-0.1, -0.05) is 6.92 Å². The van der Waals surface area contributed by atoms with Gasteiger partial charge >= 0.3 is 0 Å². The van der Waals surface area contributed by atoms with Gasteiger partial charge in [0.1, 0.15) is 0 Å². The van der Waals surface area contributed by atoms with Crippen LogP contribution in [0.3, 0.4) is 0 Å². The predicted octanol–water partition coefficient (Wildman–Crippen LogP) is -0.272. The van der Waals surface area contributed by atoms with Crippen LogP contribution in [0.5, 0.6) is 0 Å². The largest absolute Gasteiger partial charge is 0.395 e. The van der Waals surface area contributed by atoms with Crippen LogP contribution in [0.25, 0.3) is 5.65 Å². The molecular weight excluding hydrogens is 208 g/mol. The zero-order chi connectivity index (χ0) is 11.4. The normalized spacial score (nSPS) is 10.9. The van der Waals surface area contributed by atoms with E-state index in [9.17, 15) is 0 Å². The van der Waals surface area contributed by atoms with Crippen LogP contribution in [-0.2, 0) is 0 Å². The molecule has 86 valence electrons. The second kappa shape index (κ2) is 4.84. The third-order valence-corrected chi connectivity index (χ3v) is 2.28. The molecule has 16 heavy (non-hydrogen) atoms. The number of aliphatic hydroxyl groups excluding tert-OH is 1. The lowest BCUT2D eigenvalue weighted by Gasteiger charge is -2.22. The van der Waals surface area contributed by atoms with Crippen molar-refractivity contribution in [3.05, 3.63) is 12.4 Å². The Bertz CT molecular complexity index is 450. The lowest BCUT2D eigenvalue weighted by Crippen LogP contribution is -2.29. The third kappa shape index (κ3) is 1.94.